The van der Waals surface area contributed by atoms with Crippen LogP contribution in [0.15, 0.2) is 57.5 Å². The lowest BCUT2D eigenvalue weighted by molar-refractivity contribution is -0.125. The van der Waals surface area contributed by atoms with Gasteiger partial charge >= 0.3 is 0 Å². The van der Waals surface area contributed by atoms with Crippen molar-refractivity contribution in [2.45, 2.75) is 11.8 Å². The Morgan fingerprint density at radius 3 is 1.57 bits per heavy atom. The van der Waals surface area contributed by atoms with Gasteiger partial charge in [0.05, 0.1) is 0 Å². The molecule has 106 valence electrons. The third-order valence-electron chi connectivity index (χ3n) is 3.74. The molecule has 0 radical (unpaired) electrons. The van der Waals surface area contributed by atoms with Gasteiger partial charge in [-0.25, -0.2) is 0 Å². The molecule has 1 aliphatic rings. The number of hydrogen-bond donors (Lipinski definition) is 1. The maximum Gasteiger partial charge on any atom is 0.242 e. The SMILES string of the molecule is O=C1CC(c2ccc(Br)cc2)(c2ccc(Br)cc2)C(=O)N1. The molecular formula is C16H11Br2NO2. The zero-order chi connectivity index (χ0) is 15.0. The molecule has 0 unspecified atom stereocenters. The summed E-state index contributed by atoms with van der Waals surface area (Å²) >= 11 is 6.78. The number of carbonyl (C=O) groups excluding carboxylic acids is 2. The van der Waals surface area contributed by atoms with Crippen LogP contribution in [0.2, 0.25) is 0 Å². The quantitative estimate of drug-likeness (QED) is 0.772. The predicted octanol–water partition coefficient (Wildman–Crippen LogP) is 3.54. The first-order valence-corrected chi connectivity index (χ1v) is 7.97. The van der Waals surface area contributed by atoms with Gasteiger partial charge < -0.3 is 0 Å². The molecule has 3 nitrogen and oxygen atoms in total. The van der Waals surface area contributed by atoms with Crippen LogP contribution in [0, 0.1) is 0 Å². The average Bonchev–Trinajstić information content (AvgIpc) is 2.76. The maximum atomic E-state index is 12.5. The maximum absolute atomic E-state index is 12.5. The van der Waals surface area contributed by atoms with Gasteiger partial charge in [-0.3, -0.25) is 14.9 Å². The molecule has 1 aliphatic heterocycles. The summed E-state index contributed by atoms with van der Waals surface area (Å²) in [5, 5.41) is 2.43. The highest BCUT2D eigenvalue weighted by Gasteiger charge is 2.49. The molecule has 2 amide bonds. The Kier molecular flexibility index (Phi) is 3.71. The standard InChI is InChI=1S/C16H11Br2NO2/c17-12-5-1-10(2-6-12)16(9-14(20)19-15(16)21)11-3-7-13(18)8-4-11/h1-8H,9H2,(H,19,20,21). The third kappa shape index (κ3) is 2.45. The highest BCUT2D eigenvalue weighted by atomic mass is 79.9. The van der Waals surface area contributed by atoms with E-state index < -0.39 is 5.41 Å². The monoisotopic (exact) mass is 407 g/mol. The molecule has 2 aromatic rings. The number of benzene rings is 2. The van der Waals surface area contributed by atoms with E-state index in [0.717, 1.165) is 20.1 Å². The molecule has 2 aromatic carbocycles. The number of nitrogens with one attached hydrogen (secondary N) is 1. The van der Waals surface area contributed by atoms with Gasteiger partial charge in [-0.15, -0.1) is 0 Å². The molecule has 3 rings (SSSR count). The molecule has 21 heavy (non-hydrogen) atoms. The van der Waals surface area contributed by atoms with Crippen molar-refractivity contribution in [2.24, 2.45) is 0 Å². The van der Waals surface area contributed by atoms with Crippen molar-refractivity contribution in [2.75, 3.05) is 0 Å². The average molecular weight is 409 g/mol. The Hall–Kier alpha value is -1.46. The van der Waals surface area contributed by atoms with Crippen LogP contribution in [0.3, 0.4) is 0 Å². The number of rotatable bonds is 2. The summed E-state index contributed by atoms with van der Waals surface area (Å²) in [7, 11) is 0. The van der Waals surface area contributed by atoms with Crippen LogP contribution in [0.5, 0.6) is 0 Å². The number of amides is 2. The van der Waals surface area contributed by atoms with Crippen LogP contribution >= 0.6 is 31.9 Å². The van der Waals surface area contributed by atoms with E-state index in [1.54, 1.807) is 0 Å². The summed E-state index contributed by atoms with van der Waals surface area (Å²) in [5.41, 5.74) is 0.686. The van der Waals surface area contributed by atoms with Crippen molar-refractivity contribution < 1.29 is 9.59 Å². The normalized spacial score (nSPS) is 16.9. The number of halogens is 2. The van der Waals surface area contributed by atoms with Gasteiger partial charge in [-0.2, -0.15) is 0 Å². The smallest absolute Gasteiger partial charge is 0.242 e. The Balaban J connectivity index is 2.20. The molecule has 0 spiro atoms. The number of imide groups is 1. The lowest BCUT2D eigenvalue weighted by atomic mass is 9.73. The van der Waals surface area contributed by atoms with Crippen LogP contribution in [0.1, 0.15) is 17.5 Å². The van der Waals surface area contributed by atoms with E-state index in [1.807, 2.05) is 48.5 Å². The summed E-state index contributed by atoms with van der Waals surface area (Å²) in [5.74, 6) is -0.511. The molecule has 1 N–H and O–H groups in total. The highest BCUT2D eigenvalue weighted by Crippen LogP contribution is 2.40. The van der Waals surface area contributed by atoms with Crippen molar-refractivity contribution in [3.63, 3.8) is 0 Å². The van der Waals surface area contributed by atoms with Gasteiger partial charge in [-0.1, -0.05) is 56.1 Å². The van der Waals surface area contributed by atoms with Crippen LogP contribution < -0.4 is 5.32 Å². The Morgan fingerprint density at radius 2 is 1.24 bits per heavy atom. The van der Waals surface area contributed by atoms with Gasteiger partial charge in [-0.05, 0) is 35.4 Å². The van der Waals surface area contributed by atoms with Crippen molar-refractivity contribution >= 4 is 43.7 Å². The Labute approximate surface area is 139 Å². The summed E-state index contributed by atoms with van der Waals surface area (Å²) in [4.78, 5) is 24.3. The molecule has 0 aromatic heterocycles. The minimum absolute atomic E-state index is 0.134. The second-order valence-electron chi connectivity index (χ2n) is 4.97. The van der Waals surface area contributed by atoms with E-state index in [-0.39, 0.29) is 18.2 Å². The van der Waals surface area contributed by atoms with E-state index in [1.165, 1.54) is 0 Å². The first-order valence-electron chi connectivity index (χ1n) is 6.39. The van der Waals surface area contributed by atoms with E-state index in [4.69, 9.17) is 0 Å². The summed E-state index contributed by atoms with van der Waals surface area (Å²) < 4.78 is 1.86. The fourth-order valence-corrected chi connectivity index (χ4v) is 3.23. The van der Waals surface area contributed by atoms with Gasteiger partial charge in [0.1, 0.15) is 5.41 Å². The summed E-state index contributed by atoms with van der Waals surface area (Å²) in [6.45, 7) is 0. The Bertz CT molecular complexity index is 663. The van der Waals surface area contributed by atoms with Gasteiger partial charge in [0.25, 0.3) is 0 Å². The molecule has 0 aliphatic carbocycles. The van der Waals surface area contributed by atoms with Crippen molar-refractivity contribution in [3.8, 4) is 0 Å². The largest absolute Gasteiger partial charge is 0.295 e. The van der Waals surface area contributed by atoms with Crippen molar-refractivity contribution in [3.05, 3.63) is 68.6 Å². The minimum Gasteiger partial charge on any atom is -0.295 e. The van der Waals surface area contributed by atoms with Crippen LogP contribution in [-0.4, -0.2) is 11.8 Å². The van der Waals surface area contributed by atoms with Gasteiger partial charge in [0, 0.05) is 15.4 Å². The summed E-state index contributed by atoms with van der Waals surface area (Å²) in [6.07, 6.45) is 0.134. The fraction of sp³-hybridized carbons (Fsp3) is 0.125. The minimum atomic E-state index is -0.946. The highest BCUT2D eigenvalue weighted by molar-refractivity contribution is 9.10. The summed E-state index contributed by atoms with van der Waals surface area (Å²) in [6, 6.07) is 15.0. The van der Waals surface area contributed by atoms with E-state index in [0.29, 0.717) is 0 Å². The van der Waals surface area contributed by atoms with Gasteiger partial charge in [0.15, 0.2) is 0 Å². The molecule has 1 saturated heterocycles. The third-order valence-corrected chi connectivity index (χ3v) is 4.80. The van der Waals surface area contributed by atoms with E-state index >= 15 is 0 Å². The van der Waals surface area contributed by atoms with Crippen molar-refractivity contribution in [1.82, 2.24) is 5.32 Å². The first-order chi connectivity index (χ1) is 10.0. The fourth-order valence-electron chi connectivity index (χ4n) is 2.70. The second kappa shape index (κ2) is 5.39. The van der Waals surface area contributed by atoms with Crippen LogP contribution in [0.25, 0.3) is 0 Å². The lowest BCUT2D eigenvalue weighted by Gasteiger charge is -2.26. The molecular weight excluding hydrogens is 398 g/mol. The Morgan fingerprint density at radius 1 is 0.810 bits per heavy atom. The van der Waals surface area contributed by atoms with Crippen LogP contribution in [-0.2, 0) is 15.0 Å². The molecule has 1 fully saturated rings. The topological polar surface area (TPSA) is 46.2 Å². The van der Waals surface area contributed by atoms with Crippen molar-refractivity contribution in [1.29, 1.82) is 0 Å². The number of carbonyl (C=O) groups is 2. The number of hydrogen-bond acceptors (Lipinski definition) is 2. The predicted molar refractivity (Wildman–Crippen MR) is 86.8 cm³/mol. The zero-order valence-corrected chi connectivity index (χ0v) is 14.1. The second-order valence-corrected chi connectivity index (χ2v) is 6.80. The molecule has 5 heteroatoms. The molecule has 1 heterocycles. The zero-order valence-electron chi connectivity index (χ0n) is 10.9. The molecule has 0 atom stereocenters. The van der Waals surface area contributed by atoms with Gasteiger partial charge in [0.2, 0.25) is 11.8 Å². The van der Waals surface area contributed by atoms with E-state index in [2.05, 4.69) is 37.2 Å². The van der Waals surface area contributed by atoms with Crippen LogP contribution in [0.4, 0.5) is 0 Å². The first kappa shape index (κ1) is 14.5. The molecule has 0 saturated carbocycles. The lowest BCUT2D eigenvalue weighted by Crippen LogP contribution is -2.36. The molecule has 0 bridgehead atoms. The van der Waals surface area contributed by atoms with E-state index in [9.17, 15) is 9.59 Å².